The Morgan fingerprint density at radius 2 is 2.03 bits per heavy atom. The van der Waals surface area contributed by atoms with Gasteiger partial charge in [-0.25, -0.2) is 9.97 Å². The molecule has 156 valence electrons. The second-order valence-corrected chi connectivity index (χ2v) is 8.16. The molecule has 1 aliphatic rings. The molecule has 3 rings (SSSR count). The van der Waals surface area contributed by atoms with Gasteiger partial charge in [0.2, 0.25) is 5.95 Å². The number of Topliss-reactive ketones (excluding diaryl/α,β-unsaturated/α-hetero) is 1. The van der Waals surface area contributed by atoms with E-state index in [1.807, 2.05) is 0 Å². The van der Waals surface area contributed by atoms with Crippen LogP contribution in [0.25, 0.3) is 11.0 Å². The number of rotatable bonds is 9. The topological polar surface area (TPSA) is 114 Å². The summed E-state index contributed by atoms with van der Waals surface area (Å²) in [6.07, 6.45) is 6.78. The zero-order valence-electron chi connectivity index (χ0n) is 17.5. The largest absolute Gasteiger partial charge is 0.368 e. The molecule has 0 saturated carbocycles. The van der Waals surface area contributed by atoms with Crippen LogP contribution in [-0.2, 0) is 4.79 Å². The highest BCUT2D eigenvalue weighted by Crippen LogP contribution is 2.29. The third kappa shape index (κ3) is 4.99. The van der Waals surface area contributed by atoms with Gasteiger partial charge in [-0.05, 0) is 39.2 Å². The van der Waals surface area contributed by atoms with Gasteiger partial charge in [0, 0.05) is 31.2 Å². The summed E-state index contributed by atoms with van der Waals surface area (Å²) < 4.78 is 0. The minimum Gasteiger partial charge on any atom is -0.368 e. The monoisotopic (exact) mass is 398 g/mol. The van der Waals surface area contributed by atoms with Crippen molar-refractivity contribution in [3.63, 3.8) is 0 Å². The molecule has 0 unspecified atom stereocenters. The number of anilines is 2. The molecule has 8 heteroatoms. The van der Waals surface area contributed by atoms with E-state index in [1.165, 1.54) is 0 Å². The van der Waals surface area contributed by atoms with E-state index in [9.17, 15) is 9.59 Å². The standard InChI is InChI=1S/C21H30N6O2/c1-4-5-8-21(3,9-7-14(2)28)26-18-17-16(24-20(22)25-18)12-15(13-23-17)19(29)27-10-6-11-27/h12-13H,4-11H2,1-3H3,(H3,22,24,25,26)/t21-/m1/s1. The molecule has 0 spiro atoms. The summed E-state index contributed by atoms with van der Waals surface area (Å²) in [4.78, 5) is 39.0. The van der Waals surface area contributed by atoms with Crippen LogP contribution in [0.5, 0.6) is 0 Å². The van der Waals surface area contributed by atoms with Crippen LogP contribution in [-0.4, -0.2) is 50.2 Å². The van der Waals surface area contributed by atoms with E-state index in [0.29, 0.717) is 35.3 Å². The smallest absolute Gasteiger partial charge is 0.255 e. The number of nitrogens with zero attached hydrogens (tertiary/aromatic N) is 4. The molecular formula is C21H30N6O2. The van der Waals surface area contributed by atoms with Crippen molar-refractivity contribution in [2.75, 3.05) is 24.1 Å². The molecule has 1 saturated heterocycles. The molecule has 29 heavy (non-hydrogen) atoms. The number of likely N-dealkylation sites (tertiary alicyclic amines) is 1. The molecule has 1 aliphatic heterocycles. The van der Waals surface area contributed by atoms with Crippen LogP contribution < -0.4 is 11.1 Å². The predicted molar refractivity (Wildman–Crippen MR) is 114 cm³/mol. The Balaban J connectivity index is 1.92. The number of carbonyl (C=O) groups excluding carboxylic acids is 2. The quantitative estimate of drug-likeness (QED) is 0.666. The maximum Gasteiger partial charge on any atom is 0.255 e. The van der Waals surface area contributed by atoms with E-state index < -0.39 is 0 Å². The number of nitrogens with two attached hydrogens (primary N) is 1. The van der Waals surface area contributed by atoms with Crippen molar-refractivity contribution in [2.45, 2.75) is 64.8 Å². The van der Waals surface area contributed by atoms with Gasteiger partial charge in [0.1, 0.15) is 11.3 Å². The molecule has 2 aromatic rings. The number of hydrogen-bond acceptors (Lipinski definition) is 7. The molecule has 1 atom stereocenters. The third-order valence-corrected chi connectivity index (χ3v) is 5.47. The number of ketones is 1. The average Bonchev–Trinajstić information content (AvgIpc) is 2.63. The van der Waals surface area contributed by atoms with E-state index in [4.69, 9.17) is 5.73 Å². The number of carbonyl (C=O) groups is 2. The Bertz CT molecular complexity index is 911. The normalized spacial score (nSPS) is 15.6. The number of amides is 1. The lowest BCUT2D eigenvalue weighted by Crippen LogP contribution is -2.42. The molecular weight excluding hydrogens is 368 g/mol. The van der Waals surface area contributed by atoms with Crippen molar-refractivity contribution in [1.29, 1.82) is 0 Å². The minimum absolute atomic E-state index is 0.0356. The Morgan fingerprint density at radius 3 is 2.66 bits per heavy atom. The number of aromatic nitrogens is 3. The lowest BCUT2D eigenvalue weighted by atomic mass is 9.89. The molecule has 3 heterocycles. The summed E-state index contributed by atoms with van der Waals surface area (Å²) in [7, 11) is 0. The van der Waals surface area contributed by atoms with E-state index in [0.717, 1.165) is 38.8 Å². The second kappa shape index (κ2) is 8.71. The lowest BCUT2D eigenvalue weighted by molar-refractivity contribution is -0.117. The lowest BCUT2D eigenvalue weighted by Gasteiger charge is -2.32. The van der Waals surface area contributed by atoms with Gasteiger partial charge in [-0.2, -0.15) is 4.98 Å². The van der Waals surface area contributed by atoms with Crippen molar-refractivity contribution in [3.8, 4) is 0 Å². The van der Waals surface area contributed by atoms with Crippen LogP contribution in [0.1, 0.15) is 69.7 Å². The highest BCUT2D eigenvalue weighted by Gasteiger charge is 2.27. The van der Waals surface area contributed by atoms with Crippen LogP contribution in [0.15, 0.2) is 12.3 Å². The van der Waals surface area contributed by atoms with Gasteiger partial charge < -0.3 is 20.7 Å². The van der Waals surface area contributed by atoms with E-state index in [-0.39, 0.29) is 23.2 Å². The number of hydrogen-bond donors (Lipinski definition) is 2. The van der Waals surface area contributed by atoms with Crippen molar-refractivity contribution >= 4 is 34.5 Å². The molecule has 1 amide bonds. The molecule has 8 nitrogen and oxygen atoms in total. The molecule has 0 aliphatic carbocycles. The van der Waals surface area contributed by atoms with Crippen molar-refractivity contribution in [3.05, 3.63) is 17.8 Å². The van der Waals surface area contributed by atoms with E-state index in [1.54, 1.807) is 24.1 Å². The van der Waals surface area contributed by atoms with Gasteiger partial charge in [-0.1, -0.05) is 19.8 Å². The first-order valence-corrected chi connectivity index (χ1v) is 10.3. The highest BCUT2D eigenvalue weighted by molar-refractivity contribution is 5.98. The maximum absolute atomic E-state index is 12.5. The van der Waals surface area contributed by atoms with Gasteiger partial charge in [0.05, 0.1) is 11.1 Å². The second-order valence-electron chi connectivity index (χ2n) is 8.16. The van der Waals surface area contributed by atoms with E-state index >= 15 is 0 Å². The van der Waals surface area contributed by atoms with E-state index in [2.05, 4.69) is 34.1 Å². The molecule has 0 aromatic carbocycles. The fourth-order valence-corrected chi connectivity index (χ4v) is 3.50. The number of nitrogen functional groups attached to an aromatic ring is 1. The summed E-state index contributed by atoms with van der Waals surface area (Å²) in [6, 6.07) is 1.73. The van der Waals surface area contributed by atoms with Crippen molar-refractivity contribution < 1.29 is 9.59 Å². The molecule has 3 N–H and O–H groups in total. The van der Waals surface area contributed by atoms with Crippen LogP contribution >= 0.6 is 0 Å². The summed E-state index contributed by atoms with van der Waals surface area (Å²) >= 11 is 0. The molecule has 0 radical (unpaired) electrons. The SMILES string of the molecule is CCCC[C@](C)(CCC(C)=O)Nc1nc(N)nc2cc(C(=O)N3CCC3)cnc12. The molecule has 1 fully saturated rings. The fraction of sp³-hybridized carbons (Fsp3) is 0.571. The summed E-state index contributed by atoms with van der Waals surface area (Å²) in [5.41, 5.74) is 7.25. The first kappa shape index (κ1) is 21.0. The zero-order valence-corrected chi connectivity index (χ0v) is 17.5. The van der Waals surface area contributed by atoms with Gasteiger partial charge in [-0.3, -0.25) is 4.79 Å². The van der Waals surface area contributed by atoms with Crippen molar-refractivity contribution in [1.82, 2.24) is 19.9 Å². The summed E-state index contributed by atoms with van der Waals surface area (Å²) in [6.45, 7) is 7.40. The zero-order chi connectivity index (χ0) is 21.0. The first-order valence-electron chi connectivity index (χ1n) is 10.3. The minimum atomic E-state index is -0.316. The van der Waals surface area contributed by atoms with Crippen LogP contribution in [0.3, 0.4) is 0 Å². The first-order chi connectivity index (χ1) is 13.8. The van der Waals surface area contributed by atoms with Crippen LogP contribution in [0.2, 0.25) is 0 Å². The van der Waals surface area contributed by atoms with Gasteiger partial charge in [0.15, 0.2) is 5.82 Å². The summed E-state index contributed by atoms with van der Waals surface area (Å²) in [5.74, 6) is 0.790. The Kier molecular flexibility index (Phi) is 6.30. The van der Waals surface area contributed by atoms with Crippen molar-refractivity contribution in [2.24, 2.45) is 0 Å². The van der Waals surface area contributed by atoms with Gasteiger partial charge in [0.25, 0.3) is 5.91 Å². The fourth-order valence-electron chi connectivity index (χ4n) is 3.50. The number of pyridine rings is 1. The Hall–Kier alpha value is -2.77. The average molecular weight is 399 g/mol. The molecule has 2 aromatic heterocycles. The van der Waals surface area contributed by atoms with Crippen LogP contribution in [0, 0.1) is 0 Å². The Labute approximate surface area is 171 Å². The number of unbranched alkanes of at least 4 members (excludes halogenated alkanes) is 1. The van der Waals surface area contributed by atoms with Gasteiger partial charge in [-0.15, -0.1) is 0 Å². The molecule has 0 bridgehead atoms. The Morgan fingerprint density at radius 1 is 1.28 bits per heavy atom. The number of fused-ring (bicyclic) bond motifs is 1. The number of nitrogens with one attached hydrogen (secondary N) is 1. The van der Waals surface area contributed by atoms with Gasteiger partial charge >= 0.3 is 0 Å². The van der Waals surface area contributed by atoms with Crippen LogP contribution in [0.4, 0.5) is 11.8 Å². The maximum atomic E-state index is 12.5. The highest BCUT2D eigenvalue weighted by atomic mass is 16.2. The summed E-state index contributed by atoms with van der Waals surface area (Å²) in [5, 5.41) is 3.48. The third-order valence-electron chi connectivity index (χ3n) is 5.47. The predicted octanol–water partition coefficient (Wildman–Crippen LogP) is 3.18.